The molecule has 41 heavy (non-hydrogen) atoms. The highest BCUT2D eigenvalue weighted by molar-refractivity contribution is 7.99. The highest BCUT2D eigenvalue weighted by atomic mass is 35.5. The molecule has 0 aliphatic heterocycles. The van der Waals surface area contributed by atoms with Crippen LogP contribution in [0.1, 0.15) is 40.9 Å². The summed E-state index contributed by atoms with van der Waals surface area (Å²) in [5, 5.41) is 10.6. The summed E-state index contributed by atoms with van der Waals surface area (Å²) in [4.78, 5) is 36.0. The number of amidine groups is 1. The van der Waals surface area contributed by atoms with Gasteiger partial charge in [0.25, 0.3) is 11.8 Å². The number of halogens is 2. The number of nitrogens with one attached hydrogen (secondary N) is 2. The standard InChI is InChI=1S/C26H26ClFN6O4S.C2H6/c27-19-7-18(8-20(10-19)34(12-23(29)35)39-14-17-3-1-2-4-21(17)28)26(37)33-11-16-6-5-15(25(31)32)9-22(16)38-13-24(30)36;1-2/h1-10H,11-14H2,(H2,29,35)(H2,30,36)(H3,31,32)(H,33,37);1-2H3. The molecule has 0 radical (unpaired) electrons. The van der Waals surface area contributed by atoms with Gasteiger partial charge in [0.15, 0.2) is 6.61 Å². The molecule has 0 aliphatic rings. The van der Waals surface area contributed by atoms with E-state index < -0.39 is 24.3 Å². The largest absolute Gasteiger partial charge is 0.483 e. The number of carbonyl (C=O) groups excluding carboxylic acids is 3. The van der Waals surface area contributed by atoms with Crippen LogP contribution < -0.4 is 31.6 Å². The summed E-state index contributed by atoms with van der Waals surface area (Å²) in [6.07, 6.45) is 0. The van der Waals surface area contributed by atoms with Crippen LogP contribution in [0.15, 0.2) is 60.7 Å². The van der Waals surface area contributed by atoms with E-state index in [1.807, 2.05) is 13.8 Å². The van der Waals surface area contributed by atoms with E-state index in [1.165, 1.54) is 28.6 Å². The van der Waals surface area contributed by atoms with Crippen LogP contribution in [0.5, 0.6) is 5.75 Å². The first-order valence-corrected chi connectivity index (χ1v) is 13.7. The van der Waals surface area contributed by atoms with E-state index in [0.717, 1.165) is 11.9 Å². The molecule has 8 N–H and O–H groups in total. The van der Waals surface area contributed by atoms with Gasteiger partial charge in [0.05, 0.1) is 0 Å². The molecule has 0 aromatic heterocycles. The highest BCUT2D eigenvalue weighted by Gasteiger charge is 2.17. The number of ether oxygens (including phenoxy) is 1. The summed E-state index contributed by atoms with van der Waals surface area (Å²) >= 11 is 7.43. The minimum absolute atomic E-state index is 0.00000571. The van der Waals surface area contributed by atoms with Crippen LogP contribution in [0.4, 0.5) is 10.1 Å². The number of hydrogen-bond donors (Lipinski definition) is 5. The highest BCUT2D eigenvalue weighted by Crippen LogP contribution is 2.30. The Hall–Kier alpha value is -4.29. The molecule has 3 amide bonds. The summed E-state index contributed by atoms with van der Waals surface area (Å²) in [6.45, 7) is 3.39. The molecule has 13 heteroatoms. The number of nitrogens with zero attached hydrogens (tertiary/aromatic N) is 1. The molecule has 3 aromatic carbocycles. The molecule has 0 aliphatic carbocycles. The van der Waals surface area contributed by atoms with Crippen LogP contribution >= 0.6 is 23.5 Å². The van der Waals surface area contributed by atoms with Gasteiger partial charge in [-0.3, -0.25) is 19.8 Å². The Bertz CT molecular complexity index is 1410. The van der Waals surface area contributed by atoms with Gasteiger partial charge in [-0.25, -0.2) is 4.39 Å². The summed E-state index contributed by atoms with van der Waals surface area (Å²) in [6, 6.07) is 15.5. The Morgan fingerprint density at radius 1 is 0.976 bits per heavy atom. The maximum absolute atomic E-state index is 14.1. The van der Waals surface area contributed by atoms with Gasteiger partial charge >= 0.3 is 0 Å². The smallest absolute Gasteiger partial charge is 0.255 e. The third-order valence-corrected chi connectivity index (χ3v) is 6.56. The van der Waals surface area contributed by atoms with Crippen molar-refractivity contribution in [1.82, 2.24) is 5.32 Å². The summed E-state index contributed by atoms with van der Waals surface area (Å²) in [5.74, 6) is -1.96. The van der Waals surface area contributed by atoms with Crippen molar-refractivity contribution in [3.63, 3.8) is 0 Å². The fourth-order valence-corrected chi connectivity index (χ4v) is 4.63. The first-order valence-electron chi connectivity index (χ1n) is 12.4. The number of nitrogen functional groups attached to an aromatic ring is 1. The van der Waals surface area contributed by atoms with E-state index in [0.29, 0.717) is 22.4 Å². The Morgan fingerprint density at radius 3 is 2.32 bits per heavy atom. The summed E-state index contributed by atoms with van der Waals surface area (Å²) < 4.78 is 21.1. The van der Waals surface area contributed by atoms with Crippen LogP contribution in [-0.4, -0.2) is 36.7 Å². The first-order chi connectivity index (χ1) is 19.5. The number of anilines is 1. The van der Waals surface area contributed by atoms with Crippen LogP contribution in [0.3, 0.4) is 0 Å². The van der Waals surface area contributed by atoms with Gasteiger partial charge in [-0.05, 0) is 47.8 Å². The van der Waals surface area contributed by atoms with Gasteiger partial charge in [0.1, 0.15) is 23.9 Å². The minimum atomic E-state index is -0.696. The zero-order valence-corrected chi connectivity index (χ0v) is 24.2. The van der Waals surface area contributed by atoms with E-state index in [1.54, 1.807) is 36.4 Å². The third kappa shape index (κ3) is 10.3. The van der Waals surface area contributed by atoms with Crippen LogP contribution in [-0.2, 0) is 21.9 Å². The predicted octanol–water partition coefficient (Wildman–Crippen LogP) is 3.72. The van der Waals surface area contributed by atoms with Gasteiger partial charge in [0, 0.05) is 39.7 Å². The van der Waals surface area contributed by atoms with Gasteiger partial charge in [-0.15, -0.1) is 0 Å². The van der Waals surface area contributed by atoms with Crippen LogP contribution in [0, 0.1) is 11.2 Å². The molecule has 3 rings (SSSR count). The normalized spacial score (nSPS) is 10.1. The fraction of sp³-hybridized carbons (Fsp3) is 0.214. The van der Waals surface area contributed by atoms with Crippen molar-refractivity contribution in [2.75, 3.05) is 17.5 Å². The lowest BCUT2D eigenvalue weighted by molar-refractivity contribution is -0.120. The third-order valence-electron chi connectivity index (χ3n) is 5.25. The van der Waals surface area contributed by atoms with Crippen molar-refractivity contribution in [2.24, 2.45) is 17.2 Å². The van der Waals surface area contributed by atoms with Crippen molar-refractivity contribution in [3.05, 3.63) is 93.8 Å². The van der Waals surface area contributed by atoms with E-state index in [2.05, 4.69) is 5.32 Å². The van der Waals surface area contributed by atoms with Gasteiger partial charge < -0.3 is 31.6 Å². The van der Waals surface area contributed by atoms with E-state index >= 15 is 0 Å². The van der Waals surface area contributed by atoms with E-state index in [-0.39, 0.29) is 46.8 Å². The van der Waals surface area contributed by atoms with Gasteiger partial charge in [-0.2, -0.15) is 0 Å². The number of hydrogen-bond acceptors (Lipinski definition) is 7. The molecule has 0 bridgehead atoms. The van der Waals surface area contributed by atoms with E-state index in [9.17, 15) is 18.8 Å². The zero-order valence-electron chi connectivity index (χ0n) is 22.6. The van der Waals surface area contributed by atoms with Crippen molar-refractivity contribution >= 4 is 52.8 Å². The van der Waals surface area contributed by atoms with Crippen LogP contribution in [0.2, 0.25) is 5.02 Å². The number of benzene rings is 3. The lowest BCUT2D eigenvalue weighted by atomic mass is 10.1. The molecule has 10 nitrogen and oxygen atoms in total. The molecular formula is C28H32ClFN6O4S. The Morgan fingerprint density at radius 2 is 1.68 bits per heavy atom. The lowest BCUT2D eigenvalue weighted by Crippen LogP contribution is -2.29. The monoisotopic (exact) mass is 602 g/mol. The molecule has 0 fully saturated rings. The summed E-state index contributed by atoms with van der Waals surface area (Å²) in [5.41, 5.74) is 18.0. The molecule has 0 atom stereocenters. The Balaban J connectivity index is 0.00000287. The molecule has 3 aromatic rings. The minimum Gasteiger partial charge on any atom is -0.483 e. The average molecular weight is 603 g/mol. The molecular weight excluding hydrogens is 571 g/mol. The number of nitrogens with two attached hydrogens (primary N) is 3. The Kier molecular flexibility index (Phi) is 12.9. The molecule has 0 saturated heterocycles. The summed E-state index contributed by atoms with van der Waals surface area (Å²) in [7, 11) is 0. The predicted molar refractivity (Wildman–Crippen MR) is 160 cm³/mol. The van der Waals surface area contributed by atoms with Crippen molar-refractivity contribution in [3.8, 4) is 5.75 Å². The topological polar surface area (TPSA) is 178 Å². The lowest BCUT2D eigenvalue weighted by Gasteiger charge is -2.23. The molecule has 0 heterocycles. The number of rotatable bonds is 13. The van der Waals surface area contributed by atoms with Gasteiger partial charge in [0.2, 0.25) is 5.91 Å². The number of amides is 3. The second kappa shape index (κ2) is 16.1. The fourth-order valence-electron chi connectivity index (χ4n) is 3.39. The van der Waals surface area contributed by atoms with E-state index in [4.69, 9.17) is 38.9 Å². The molecule has 218 valence electrons. The molecule has 0 saturated carbocycles. The maximum atomic E-state index is 14.1. The SMILES string of the molecule is CC.N=C(N)c1ccc(CNC(=O)c2cc(Cl)cc(N(CC(N)=O)SCc3ccccc3F)c2)c(OCC(N)=O)c1. The number of primary amides is 2. The number of carbonyl (C=O) groups is 3. The Labute approximate surface area is 247 Å². The van der Waals surface area contributed by atoms with Crippen molar-refractivity contribution in [2.45, 2.75) is 26.1 Å². The van der Waals surface area contributed by atoms with Crippen molar-refractivity contribution in [1.29, 1.82) is 5.41 Å². The second-order valence-corrected chi connectivity index (χ2v) is 9.66. The average Bonchev–Trinajstić information content (AvgIpc) is 2.94. The van der Waals surface area contributed by atoms with Gasteiger partial charge in [-0.1, -0.05) is 55.8 Å². The molecule has 0 spiro atoms. The van der Waals surface area contributed by atoms with Crippen LogP contribution in [0.25, 0.3) is 0 Å². The quantitative estimate of drug-likeness (QED) is 0.112. The zero-order chi connectivity index (χ0) is 30.5. The maximum Gasteiger partial charge on any atom is 0.255 e. The van der Waals surface area contributed by atoms with Crippen molar-refractivity contribution < 1.29 is 23.5 Å². The molecule has 0 unspecified atom stereocenters. The second-order valence-electron chi connectivity index (χ2n) is 8.24. The first kappa shape index (κ1) is 32.9.